The van der Waals surface area contributed by atoms with E-state index in [0.717, 1.165) is 25.1 Å². The van der Waals surface area contributed by atoms with Gasteiger partial charge in [-0.3, -0.25) is 4.79 Å². The number of aliphatic hydroxyl groups excluding tert-OH is 1. The van der Waals surface area contributed by atoms with E-state index in [4.69, 9.17) is 0 Å². The van der Waals surface area contributed by atoms with Gasteiger partial charge < -0.3 is 15.7 Å². The van der Waals surface area contributed by atoms with E-state index in [-0.39, 0.29) is 29.9 Å². The quantitative estimate of drug-likeness (QED) is 0.741. The predicted molar refractivity (Wildman–Crippen MR) is 83.9 cm³/mol. The molecule has 116 valence electrons. The maximum Gasteiger partial charge on any atom is 0.228 e. The summed E-state index contributed by atoms with van der Waals surface area (Å²) in [6.07, 6.45) is 1.52. The van der Waals surface area contributed by atoms with Gasteiger partial charge in [-0.25, -0.2) is 0 Å². The Balaban J connectivity index is 2.02. The fraction of sp³-hybridized carbons (Fsp3) is 0.588. The standard InChI is InChI=1S/C17H26N2O2/c1-13(2)17(8-9-18-12-17)16(21)19-15(11-20)10-14-6-4-3-5-7-14/h3-7,13,15,18,20H,8-12H2,1-2H3,(H,19,21)/t15-,17?/m1/s1. The Morgan fingerprint density at radius 2 is 2.10 bits per heavy atom. The Morgan fingerprint density at radius 3 is 2.62 bits per heavy atom. The molecular formula is C17H26N2O2. The van der Waals surface area contributed by atoms with Crippen molar-refractivity contribution in [3.63, 3.8) is 0 Å². The van der Waals surface area contributed by atoms with Crippen LogP contribution in [-0.4, -0.2) is 36.8 Å². The van der Waals surface area contributed by atoms with Gasteiger partial charge in [-0.1, -0.05) is 44.2 Å². The predicted octanol–water partition coefficient (Wildman–Crippen LogP) is 1.34. The molecule has 0 aliphatic carbocycles. The second-order valence-electron chi connectivity index (χ2n) is 6.28. The first-order chi connectivity index (χ1) is 10.1. The first kappa shape index (κ1) is 16.0. The van der Waals surface area contributed by atoms with E-state index in [1.54, 1.807) is 0 Å². The van der Waals surface area contributed by atoms with E-state index < -0.39 is 0 Å². The molecule has 0 bridgehead atoms. The molecule has 1 aliphatic rings. The van der Waals surface area contributed by atoms with E-state index in [1.165, 1.54) is 0 Å². The molecule has 1 amide bonds. The van der Waals surface area contributed by atoms with Gasteiger partial charge in [0.2, 0.25) is 5.91 Å². The summed E-state index contributed by atoms with van der Waals surface area (Å²) in [4.78, 5) is 12.7. The van der Waals surface area contributed by atoms with Crippen molar-refractivity contribution in [2.24, 2.45) is 11.3 Å². The Bertz CT molecular complexity index is 453. The molecule has 4 nitrogen and oxygen atoms in total. The number of aliphatic hydroxyl groups is 1. The van der Waals surface area contributed by atoms with E-state index >= 15 is 0 Å². The van der Waals surface area contributed by atoms with Gasteiger partial charge >= 0.3 is 0 Å². The first-order valence-electron chi connectivity index (χ1n) is 7.75. The summed E-state index contributed by atoms with van der Waals surface area (Å²) in [7, 11) is 0. The third-order valence-corrected chi connectivity index (χ3v) is 4.63. The molecule has 1 aromatic carbocycles. The van der Waals surface area contributed by atoms with Crippen LogP contribution in [0.2, 0.25) is 0 Å². The molecule has 21 heavy (non-hydrogen) atoms. The topological polar surface area (TPSA) is 61.4 Å². The van der Waals surface area contributed by atoms with Crippen molar-refractivity contribution in [3.8, 4) is 0 Å². The maximum atomic E-state index is 12.7. The number of amides is 1. The molecule has 4 heteroatoms. The molecule has 0 spiro atoms. The highest BCUT2D eigenvalue weighted by Gasteiger charge is 2.44. The van der Waals surface area contributed by atoms with Crippen molar-refractivity contribution in [3.05, 3.63) is 35.9 Å². The second kappa shape index (κ2) is 7.05. The zero-order chi connectivity index (χ0) is 15.3. The number of carbonyl (C=O) groups excluding carboxylic acids is 1. The molecule has 0 radical (unpaired) electrons. The van der Waals surface area contributed by atoms with E-state index in [1.807, 2.05) is 30.3 Å². The number of benzene rings is 1. The summed E-state index contributed by atoms with van der Waals surface area (Å²) in [5.41, 5.74) is 0.782. The highest BCUT2D eigenvalue weighted by Crippen LogP contribution is 2.34. The monoisotopic (exact) mass is 290 g/mol. The Labute approximate surface area is 126 Å². The molecule has 0 aromatic heterocycles. The molecule has 1 aromatic rings. The highest BCUT2D eigenvalue weighted by atomic mass is 16.3. The molecule has 1 heterocycles. The number of carbonyl (C=O) groups is 1. The normalized spacial score (nSPS) is 23.2. The maximum absolute atomic E-state index is 12.7. The first-order valence-corrected chi connectivity index (χ1v) is 7.75. The lowest BCUT2D eigenvalue weighted by molar-refractivity contribution is -0.133. The molecule has 1 unspecified atom stereocenters. The molecule has 2 rings (SSSR count). The number of hydrogen-bond donors (Lipinski definition) is 3. The van der Waals surface area contributed by atoms with Crippen LogP contribution in [0, 0.1) is 11.3 Å². The minimum absolute atomic E-state index is 0.0394. The van der Waals surface area contributed by atoms with Gasteiger partial charge in [-0.2, -0.15) is 0 Å². The van der Waals surface area contributed by atoms with E-state index in [0.29, 0.717) is 6.42 Å². The molecule has 1 aliphatic heterocycles. The van der Waals surface area contributed by atoms with Crippen LogP contribution in [0.1, 0.15) is 25.8 Å². The van der Waals surface area contributed by atoms with Crippen molar-refractivity contribution >= 4 is 5.91 Å². The summed E-state index contributed by atoms with van der Waals surface area (Å²) in [5.74, 6) is 0.348. The van der Waals surface area contributed by atoms with Crippen LogP contribution in [0.5, 0.6) is 0 Å². The smallest absolute Gasteiger partial charge is 0.228 e. The third kappa shape index (κ3) is 3.63. The van der Waals surface area contributed by atoms with Gasteiger partial charge in [-0.05, 0) is 30.9 Å². The zero-order valence-electron chi connectivity index (χ0n) is 12.9. The van der Waals surface area contributed by atoms with Crippen LogP contribution in [0.4, 0.5) is 0 Å². The summed E-state index contributed by atoms with van der Waals surface area (Å²) in [6, 6.07) is 9.73. The van der Waals surface area contributed by atoms with Crippen LogP contribution in [0.15, 0.2) is 30.3 Å². The number of nitrogens with one attached hydrogen (secondary N) is 2. The molecule has 0 saturated carbocycles. The average molecular weight is 290 g/mol. The van der Waals surface area contributed by atoms with E-state index in [2.05, 4.69) is 24.5 Å². The Kier molecular flexibility index (Phi) is 5.37. The molecule has 1 fully saturated rings. The highest BCUT2D eigenvalue weighted by molar-refractivity contribution is 5.84. The van der Waals surface area contributed by atoms with E-state index in [9.17, 15) is 9.90 Å². The van der Waals surface area contributed by atoms with Crippen molar-refractivity contribution in [1.29, 1.82) is 0 Å². The van der Waals surface area contributed by atoms with Gasteiger partial charge in [0.15, 0.2) is 0 Å². The third-order valence-electron chi connectivity index (χ3n) is 4.63. The average Bonchev–Trinajstić information content (AvgIpc) is 2.98. The fourth-order valence-electron chi connectivity index (χ4n) is 3.05. The van der Waals surface area contributed by atoms with Crippen LogP contribution in [0.3, 0.4) is 0 Å². The molecule has 3 N–H and O–H groups in total. The summed E-state index contributed by atoms with van der Waals surface area (Å²) in [6.45, 7) is 5.76. The summed E-state index contributed by atoms with van der Waals surface area (Å²) >= 11 is 0. The molecular weight excluding hydrogens is 264 g/mol. The lowest BCUT2D eigenvalue weighted by atomic mass is 9.75. The van der Waals surface area contributed by atoms with Crippen molar-refractivity contribution in [1.82, 2.24) is 10.6 Å². The van der Waals surface area contributed by atoms with Crippen LogP contribution in [0.25, 0.3) is 0 Å². The van der Waals surface area contributed by atoms with Crippen LogP contribution in [-0.2, 0) is 11.2 Å². The lowest BCUT2D eigenvalue weighted by Crippen LogP contribution is -2.51. The molecule has 2 atom stereocenters. The fourth-order valence-corrected chi connectivity index (χ4v) is 3.05. The Hall–Kier alpha value is -1.39. The summed E-state index contributed by atoms with van der Waals surface area (Å²) in [5, 5.41) is 15.9. The molecule has 1 saturated heterocycles. The van der Waals surface area contributed by atoms with Gasteiger partial charge in [0.25, 0.3) is 0 Å². The van der Waals surface area contributed by atoms with Crippen LogP contribution < -0.4 is 10.6 Å². The number of hydrogen-bond acceptors (Lipinski definition) is 3. The summed E-state index contributed by atoms with van der Waals surface area (Å²) < 4.78 is 0. The van der Waals surface area contributed by atoms with Crippen molar-refractivity contribution in [2.75, 3.05) is 19.7 Å². The van der Waals surface area contributed by atoms with Gasteiger partial charge in [0, 0.05) is 6.54 Å². The van der Waals surface area contributed by atoms with Crippen molar-refractivity contribution < 1.29 is 9.90 Å². The largest absolute Gasteiger partial charge is 0.394 e. The Morgan fingerprint density at radius 1 is 1.38 bits per heavy atom. The van der Waals surface area contributed by atoms with Crippen LogP contribution >= 0.6 is 0 Å². The van der Waals surface area contributed by atoms with Gasteiger partial charge in [-0.15, -0.1) is 0 Å². The minimum Gasteiger partial charge on any atom is -0.394 e. The SMILES string of the molecule is CC(C)C1(C(=O)N[C@@H](CO)Cc2ccccc2)CCNC1. The second-order valence-corrected chi connectivity index (χ2v) is 6.28. The van der Waals surface area contributed by atoms with Gasteiger partial charge in [0.05, 0.1) is 18.1 Å². The lowest BCUT2D eigenvalue weighted by Gasteiger charge is -2.33. The minimum atomic E-state index is -0.343. The zero-order valence-corrected chi connectivity index (χ0v) is 12.9. The van der Waals surface area contributed by atoms with Crippen molar-refractivity contribution in [2.45, 2.75) is 32.7 Å². The number of rotatable bonds is 6. The van der Waals surface area contributed by atoms with Gasteiger partial charge in [0.1, 0.15) is 0 Å².